The lowest BCUT2D eigenvalue weighted by atomic mass is 10.2. The van der Waals surface area contributed by atoms with Gasteiger partial charge in [0.25, 0.3) is 0 Å². The van der Waals surface area contributed by atoms with Gasteiger partial charge in [-0.1, -0.05) is 15.9 Å². The molecule has 0 aliphatic carbocycles. The van der Waals surface area contributed by atoms with Crippen LogP contribution in [-0.2, 0) is 0 Å². The second-order valence-corrected chi connectivity index (χ2v) is 6.85. The molecule has 0 aromatic carbocycles. The Morgan fingerprint density at radius 3 is 2.15 bits per heavy atom. The van der Waals surface area contributed by atoms with E-state index in [4.69, 9.17) is 0 Å². The quantitative estimate of drug-likeness (QED) is 0.561. The van der Waals surface area contributed by atoms with Gasteiger partial charge < -0.3 is 0 Å². The molecule has 0 radical (unpaired) electrons. The number of halogens is 6. The van der Waals surface area contributed by atoms with Gasteiger partial charge in [-0.2, -0.15) is 13.2 Å². The van der Waals surface area contributed by atoms with Gasteiger partial charge in [-0.25, -0.2) is 0 Å². The highest BCUT2D eigenvalue weighted by molar-refractivity contribution is 9.12. The van der Waals surface area contributed by atoms with Crippen molar-refractivity contribution in [3.05, 3.63) is 19.2 Å². The minimum absolute atomic E-state index is 0.198. The summed E-state index contributed by atoms with van der Waals surface area (Å²) in [6.07, 6.45) is -4.26. The molecule has 0 saturated carbocycles. The maximum atomic E-state index is 12.2. The van der Waals surface area contributed by atoms with E-state index in [9.17, 15) is 13.2 Å². The zero-order valence-electron chi connectivity index (χ0n) is 5.83. The van der Waals surface area contributed by atoms with Crippen LogP contribution in [0.25, 0.3) is 0 Å². The van der Waals surface area contributed by atoms with Gasteiger partial charge in [0.1, 0.15) is 4.83 Å². The highest BCUT2D eigenvalue weighted by Gasteiger charge is 2.40. The Kier molecular flexibility index (Phi) is 3.88. The summed E-state index contributed by atoms with van der Waals surface area (Å²) >= 11 is 10.0. The second-order valence-electron chi connectivity index (χ2n) is 2.18. The van der Waals surface area contributed by atoms with Crippen molar-refractivity contribution >= 4 is 59.1 Å². The third kappa shape index (κ3) is 2.94. The highest BCUT2D eigenvalue weighted by atomic mass is 79.9. The summed E-state index contributed by atoms with van der Waals surface area (Å²) < 4.78 is 37.9. The third-order valence-electron chi connectivity index (χ3n) is 1.24. The lowest BCUT2D eigenvalue weighted by Gasteiger charge is -2.12. The first-order chi connectivity index (χ1) is 5.82. The zero-order valence-corrected chi connectivity index (χ0v) is 11.4. The van der Waals surface area contributed by atoms with Crippen LogP contribution in [0.5, 0.6) is 0 Å². The summed E-state index contributed by atoms with van der Waals surface area (Å²) in [6, 6.07) is 1.45. The minimum atomic E-state index is -4.26. The lowest BCUT2D eigenvalue weighted by molar-refractivity contribution is -0.128. The standard InChI is InChI=1S/C6H2Br3F3S/c7-3-1-2(5(9)13-3)4(8)6(10,11)12/h1,4H. The maximum Gasteiger partial charge on any atom is 0.405 e. The van der Waals surface area contributed by atoms with Crippen molar-refractivity contribution in [2.24, 2.45) is 0 Å². The van der Waals surface area contributed by atoms with Gasteiger partial charge >= 0.3 is 6.18 Å². The Bertz CT molecular complexity index is 307. The van der Waals surface area contributed by atoms with E-state index in [1.807, 2.05) is 0 Å². The van der Waals surface area contributed by atoms with E-state index in [1.165, 1.54) is 17.4 Å². The average molecular weight is 403 g/mol. The summed E-state index contributed by atoms with van der Waals surface area (Å²) in [5.74, 6) is 0. The van der Waals surface area contributed by atoms with Crippen molar-refractivity contribution in [1.29, 1.82) is 0 Å². The van der Waals surface area contributed by atoms with Crippen molar-refractivity contribution in [2.45, 2.75) is 11.0 Å². The van der Waals surface area contributed by atoms with E-state index in [2.05, 4.69) is 47.8 Å². The molecule has 0 spiro atoms. The van der Waals surface area contributed by atoms with Crippen LogP contribution in [0.15, 0.2) is 13.6 Å². The first-order valence-electron chi connectivity index (χ1n) is 2.98. The van der Waals surface area contributed by atoms with E-state index in [1.54, 1.807) is 0 Å². The van der Waals surface area contributed by atoms with E-state index in [0.29, 0.717) is 7.57 Å². The first kappa shape index (κ1) is 12.0. The van der Waals surface area contributed by atoms with Crippen LogP contribution < -0.4 is 0 Å². The predicted octanol–water partition coefficient (Wildman–Crippen LogP) is 5.27. The lowest BCUT2D eigenvalue weighted by Crippen LogP contribution is -2.14. The van der Waals surface area contributed by atoms with Crippen LogP contribution in [0.3, 0.4) is 0 Å². The molecule has 0 aliphatic rings. The molecule has 1 atom stereocenters. The van der Waals surface area contributed by atoms with Crippen molar-refractivity contribution in [3.8, 4) is 0 Å². The minimum Gasteiger partial charge on any atom is -0.169 e. The van der Waals surface area contributed by atoms with Crippen LogP contribution in [0.2, 0.25) is 0 Å². The topological polar surface area (TPSA) is 0 Å². The molecular formula is C6H2Br3F3S. The molecule has 1 aromatic heterocycles. The molecule has 74 valence electrons. The van der Waals surface area contributed by atoms with Crippen LogP contribution in [-0.4, -0.2) is 6.18 Å². The molecule has 0 amide bonds. The Labute approximate surface area is 102 Å². The molecule has 1 heterocycles. The molecule has 13 heavy (non-hydrogen) atoms. The largest absolute Gasteiger partial charge is 0.405 e. The molecular weight excluding hydrogens is 401 g/mol. The summed E-state index contributed by atoms with van der Waals surface area (Å²) in [7, 11) is 0. The van der Waals surface area contributed by atoms with Gasteiger partial charge in [-0.15, -0.1) is 11.3 Å². The number of hydrogen-bond acceptors (Lipinski definition) is 1. The van der Waals surface area contributed by atoms with Gasteiger partial charge in [0.2, 0.25) is 0 Å². The molecule has 7 heteroatoms. The normalized spacial score (nSPS) is 14.6. The zero-order chi connectivity index (χ0) is 10.2. The summed E-state index contributed by atoms with van der Waals surface area (Å²) in [6.45, 7) is 0. The van der Waals surface area contributed by atoms with E-state index in [0.717, 1.165) is 0 Å². The molecule has 0 bridgehead atoms. The molecule has 0 nitrogen and oxygen atoms in total. The van der Waals surface area contributed by atoms with E-state index in [-0.39, 0.29) is 5.56 Å². The molecule has 1 aromatic rings. The van der Waals surface area contributed by atoms with Gasteiger partial charge in [-0.05, 0) is 37.9 Å². The number of rotatable bonds is 1. The smallest absolute Gasteiger partial charge is 0.169 e. The molecule has 1 rings (SSSR count). The van der Waals surface area contributed by atoms with Crippen molar-refractivity contribution in [1.82, 2.24) is 0 Å². The summed E-state index contributed by atoms with van der Waals surface area (Å²) in [5, 5.41) is 0. The van der Waals surface area contributed by atoms with Crippen LogP contribution in [0.1, 0.15) is 10.4 Å². The van der Waals surface area contributed by atoms with Crippen LogP contribution in [0.4, 0.5) is 13.2 Å². The summed E-state index contributed by atoms with van der Waals surface area (Å²) in [5.41, 5.74) is 0.198. The van der Waals surface area contributed by atoms with Gasteiger partial charge in [0, 0.05) is 5.56 Å². The maximum absolute atomic E-state index is 12.2. The van der Waals surface area contributed by atoms with Crippen molar-refractivity contribution in [2.75, 3.05) is 0 Å². The van der Waals surface area contributed by atoms with E-state index < -0.39 is 11.0 Å². The monoisotopic (exact) mass is 400 g/mol. The number of alkyl halides is 4. The summed E-state index contributed by atoms with van der Waals surface area (Å²) in [4.78, 5) is -1.61. The average Bonchev–Trinajstić information content (AvgIpc) is 2.26. The Hall–Kier alpha value is 0.930. The number of hydrogen-bond donors (Lipinski definition) is 0. The molecule has 0 aliphatic heterocycles. The number of thiophene rings is 1. The first-order valence-corrected chi connectivity index (χ1v) is 6.29. The van der Waals surface area contributed by atoms with E-state index >= 15 is 0 Å². The van der Waals surface area contributed by atoms with Gasteiger partial charge in [0.05, 0.1) is 7.57 Å². The SMILES string of the molecule is FC(F)(F)C(Br)c1cc(Br)sc1Br. The fourth-order valence-electron chi connectivity index (χ4n) is 0.702. The van der Waals surface area contributed by atoms with Crippen molar-refractivity contribution in [3.63, 3.8) is 0 Å². The van der Waals surface area contributed by atoms with Crippen molar-refractivity contribution < 1.29 is 13.2 Å². The van der Waals surface area contributed by atoms with Gasteiger partial charge in [-0.3, -0.25) is 0 Å². The third-order valence-corrected chi connectivity index (χ3v) is 4.64. The Morgan fingerprint density at radius 2 is 1.85 bits per heavy atom. The van der Waals surface area contributed by atoms with Crippen LogP contribution in [0, 0.1) is 0 Å². The molecule has 0 fully saturated rings. The Balaban J connectivity index is 3.01. The molecule has 0 saturated heterocycles. The Morgan fingerprint density at radius 1 is 1.31 bits per heavy atom. The van der Waals surface area contributed by atoms with Crippen LogP contribution >= 0.6 is 59.1 Å². The van der Waals surface area contributed by atoms with Gasteiger partial charge in [0.15, 0.2) is 0 Å². The molecule has 1 unspecified atom stereocenters. The highest BCUT2D eigenvalue weighted by Crippen LogP contribution is 2.46. The second kappa shape index (κ2) is 4.20. The predicted molar refractivity (Wildman–Crippen MR) is 57.4 cm³/mol. The molecule has 0 N–H and O–H groups in total. The fourth-order valence-corrected chi connectivity index (χ4v) is 4.42. The fraction of sp³-hybridized carbons (Fsp3) is 0.333.